The van der Waals surface area contributed by atoms with Crippen molar-refractivity contribution < 1.29 is 5.11 Å². The van der Waals surface area contributed by atoms with Gasteiger partial charge in [0.25, 0.3) is 0 Å². The van der Waals surface area contributed by atoms with Gasteiger partial charge in [-0.3, -0.25) is 0 Å². The first-order valence-electron chi connectivity index (χ1n) is 7.68. The fourth-order valence-corrected chi connectivity index (χ4v) is 3.75. The summed E-state index contributed by atoms with van der Waals surface area (Å²) in [5.41, 5.74) is 0. The van der Waals surface area contributed by atoms with Crippen molar-refractivity contribution in [2.45, 2.75) is 76.8 Å². The van der Waals surface area contributed by atoms with Gasteiger partial charge in [0.15, 0.2) is 0 Å². The van der Waals surface area contributed by atoms with Gasteiger partial charge >= 0.3 is 0 Å². The van der Waals surface area contributed by atoms with Gasteiger partial charge in [-0.15, -0.1) is 0 Å². The monoisotopic (exact) mass is 239 g/mol. The number of hydrogen-bond acceptors (Lipinski definition) is 2. The first kappa shape index (κ1) is 13.4. The van der Waals surface area contributed by atoms with Crippen LogP contribution in [-0.2, 0) is 0 Å². The predicted octanol–water partition coefficient (Wildman–Crippen LogP) is 3.10. The van der Waals surface area contributed by atoms with Gasteiger partial charge in [-0.25, -0.2) is 0 Å². The summed E-state index contributed by atoms with van der Waals surface area (Å²) in [5, 5.41) is 13.3. The molecule has 17 heavy (non-hydrogen) atoms. The lowest BCUT2D eigenvalue weighted by atomic mass is 9.81. The van der Waals surface area contributed by atoms with E-state index in [0.29, 0.717) is 24.6 Å². The first-order valence-corrected chi connectivity index (χ1v) is 7.68. The highest BCUT2D eigenvalue weighted by molar-refractivity contribution is 4.85. The molecule has 2 nitrogen and oxygen atoms in total. The third-order valence-electron chi connectivity index (χ3n) is 4.98. The number of aliphatic hydroxyl groups excluding tert-OH is 1. The molecule has 2 aliphatic carbocycles. The summed E-state index contributed by atoms with van der Waals surface area (Å²) in [4.78, 5) is 0. The summed E-state index contributed by atoms with van der Waals surface area (Å²) in [7, 11) is 0. The number of aliphatic hydroxyl groups is 1. The Morgan fingerprint density at radius 3 is 2.35 bits per heavy atom. The van der Waals surface area contributed by atoms with Gasteiger partial charge in [0, 0.05) is 18.7 Å². The lowest BCUT2D eigenvalue weighted by Crippen LogP contribution is -2.47. The molecule has 0 aliphatic heterocycles. The Kier molecular flexibility index (Phi) is 5.30. The van der Waals surface area contributed by atoms with E-state index in [1.54, 1.807) is 0 Å². The summed E-state index contributed by atoms with van der Waals surface area (Å²) in [6.45, 7) is 2.73. The summed E-state index contributed by atoms with van der Waals surface area (Å²) < 4.78 is 0. The maximum absolute atomic E-state index is 9.44. The number of rotatable bonds is 4. The second-order valence-corrected chi connectivity index (χ2v) is 6.19. The molecule has 0 aromatic rings. The van der Waals surface area contributed by atoms with E-state index in [-0.39, 0.29) is 0 Å². The van der Waals surface area contributed by atoms with E-state index in [4.69, 9.17) is 0 Å². The Hall–Kier alpha value is -0.0800. The molecular formula is C15H29NO. The summed E-state index contributed by atoms with van der Waals surface area (Å²) in [6, 6.07) is 1.22. The topological polar surface area (TPSA) is 32.3 Å². The Bertz CT molecular complexity index is 213. The summed E-state index contributed by atoms with van der Waals surface area (Å²) in [6.07, 6.45) is 12.2. The van der Waals surface area contributed by atoms with E-state index in [9.17, 15) is 5.11 Å². The van der Waals surface area contributed by atoms with Crippen molar-refractivity contribution in [2.24, 2.45) is 11.8 Å². The molecule has 2 aliphatic rings. The fourth-order valence-electron chi connectivity index (χ4n) is 3.75. The molecule has 0 bridgehead atoms. The second kappa shape index (κ2) is 6.75. The van der Waals surface area contributed by atoms with Crippen molar-refractivity contribution >= 4 is 0 Å². The zero-order valence-electron chi connectivity index (χ0n) is 11.3. The molecule has 0 heterocycles. The standard InChI is InChI=1S/C15H29NO/c1-12(13-7-3-2-4-8-13)16-15-10-6-5-9-14(15)11-17/h12-17H,2-11H2,1H3. The van der Waals surface area contributed by atoms with Crippen LogP contribution >= 0.6 is 0 Å². The van der Waals surface area contributed by atoms with Crippen LogP contribution in [0.25, 0.3) is 0 Å². The van der Waals surface area contributed by atoms with Crippen LogP contribution in [0.2, 0.25) is 0 Å². The van der Waals surface area contributed by atoms with Gasteiger partial charge in [0.2, 0.25) is 0 Å². The quantitative estimate of drug-likeness (QED) is 0.790. The normalized spacial score (nSPS) is 33.5. The lowest BCUT2D eigenvalue weighted by molar-refractivity contribution is 0.135. The molecule has 3 unspecified atom stereocenters. The van der Waals surface area contributed by atoms with Gasteiger partial charge in [-0.1, -0.05) is 32.1 Å². The van der Waals surface area contributed by atoms with Crippen molar-refractivity contribution in [3.63, 3.8) is 0 Å². The molecule has 0 radical (unpaired) electrons. The minimum absolute atomic E-state index is 0.370. The van der Waals surface area contributed by atoms with Gasteiger partial charge < -0.3 is 10.4 Å². The van der Waals surface area contributed by atoms with Gasteiger partial charge in [-0.05, 0) is 44.4 Å². The molecule has 2 heteroatoms. The van der Waals surface area contributed by atoms with Crippen LogP contribution in [0.1, 0.15) is 64.7 Å². The van der Waals surface area contributed by atoms with E-state index in [1.807, 2.05) is 0 Å². The average Bonchev–Trinajstić information content (AvgIpc) is 2.40. The third-order valence-corrected chi connectivity index (χ3v) is 4.98. The molecule has 2 N–H and O–H groups in total. The lowest BCUT2D eigenvalue weighted by Gasteiger charge is -2.37. The van der Waals surface area contributed by atoms with Crippen LogP contribution in [0, 0.1) is 11.8 Å². The van der Waals surface area contributed by atoms with Crippen LogP contribution in [0.4, 0.5) is 0 Å². The van der Waals surface area contributed by atoms with E-state index in [0.717, 1.165) is 5.92 Å². The summed E-state index contributed by atoms with van der Waals surface area (Å²) in [5.74, 6) is 1.39. The molecule has 100 valence electrons. The SMILES string of the molecule is CC(NC1CCCCC1CO)C1CCCCC1. The van der Waals surface area contributed by atoms with E-state index < -0.39 is 0 Å². The van der Waals surface area contributed by atoms with Crippen molar-refractivity contribution in [3.8, 4) is 0 Å². The van der Waals surface area contributed by atoms with Crippen LogP contribution in [0.15, 0.2) is 0 Å². The molecule has 0 aromatic carbocycles. The predicted molar refractivity (Wildman–Crippen MR) is 72.0 cm³/mol. The zero-order chi connectivity index (χ0) is 12.1. The molecule has 0 amide bonds. The minimum atomic E-state index is 0.370. The number of hydrogen-bond donors (Lipinski definition) is 2. The maximum atomic E-state index is 9.44. The maximum Gasteiger partial charge on any atom is 0.0474 e. The molecule has 0 saturated heterocycles. The molecule has 0 aromatic heterocycles. The van der Waals surface area contributed by atoms with E-state index in [2.05, 4.69) is 12.2 Å². The highest BCUT2D eigenvalue weighted by Crippen LogP contribution is 2.29. The Balaban J connectivity index is 1.81. The summed E-state index contributed by atoms with van der Waals surface area (Å²) >= 11 is 0. The number of nitrogens with one attached hydrogen (secondary N) is 1. The van der Waals surface area contributed by atoms with E-state index in [1.165, 1.54) is 57.8 Å². The van der Waals surface area contributed by atoms with Crippen LogP contribution in [0.5, 0.6) is 0 Å². The van der Waals surface area contributed by atoms with Crippen molar-refractivity contribution in [2.75, 3.05) is 6.61 Å². The van der Waals surface area contributed by atoms with Gasteiger partial charge in [0.1, 0.15) is 0 Å². The largest absolute Gasteiger partial charge is 0.396 e. The fraction of sp³-hybridized carbons (Fsp3) is 1.00. The molecule has 2 saturated carbocycles. The second-order valence-electron chi connectivity index (χ2n) is 6.19. The molecule has 0 spiro atoms. The van der Waals surface area contributed by atoms with Gasteiger partial charge in [0.05, 0.1) is 0 Å². The Labute approximate surface area is 106 Å². The average molecular weight is 239 g/mol. The first-order chi connectivity index (χ1) is 8.31. The Morgan fingerprint density at radius 1 is 1.00 bits per heavy atom. The van der Waals surface area contributed by atoms with Crippen LogP contribution in [-0.4, -0.2) is 23.8 Å². The van der Waals surface area contributed by atoms with Crippen LogP contribution in [0.3, 0.4) is 0 Å². The highest BCUT2D eigenvalue weighted by atomic mass is 16.3. The smallest absolute Gasteiger partial charge is 0.0474 e. The van der Waals surface area contributed by atoms with E-state index >= 15 is 0 Å². The van der Waals surface area contributed by atoms with Crippen molar-refractivity contribution in [1.82, 2.24) is 5.32 Å². The Morgan fingerprint density at radius 2 is 1.65 bits per heavy atom. The molecular weight excluding hydrogens is 210 g/mol. The van der Waals surface area contributed by atoms with Crippen molar-refractivity contribution in [3.05, 3.63) is 0 Å². The van der Waals surface area contributed by atoms with Crippen LogP contribution < -0.4 is 5.32 Å². The minimum Gasteiger partial charge on any atom is -0.396 e. The molecule has 3 atom stereocenters. The van der Waals surface area contributed by atoms with Crippen molar-refractivity contribution in [1.29, 1.82) is 0 Å². The molecule has 2 fully saturated rings. The third kappa shape index (κ3) is 3.69. The van der Waals surface area contributed by atoms with Gasteiger partial charge in [-0.2, -0.15) is 0 Å². The highest BCUT2D eigenvalue weighted by Gasteiger charge is 2.28. The molecule has 2 rings (SSSR count). The zero-order valence-corrected chi connectivity index (χ0v) is 11.3.